The van der Waals surface area contributed by atoms with E-state index in [4.69, 9.17) is 11.6 Å². The molecule has 1 N–H and O–H groups in total. The minimum absolute atomic E-state index is 0.0567. The van der Waals surface area contributed by atoms with Crippen molar-refractivity contribution in [3.8, 4) is 0 Å². The molecule has 2 aromatic carbocycles. The molecule has 1 fully saturated rings. The minimum atomic E-state index is -0.453. The number of hydrogen-bond acceptors (Lipinski definition) is 6. The molecule has 4 rings (SSSR count). The maximum absolute atomic E-state index is 13.2. The van der Waals surface area contributed by atoms with Gasteiger partial charge in [0.15, 0.2) is 0 Å². The van der Waals surface area contributed by atoms with E-state index in [1.54, 1.807) is 52.7 Å². The van der Waals surface area contributed by atoms with Gasteiger partial charge in [0.1, 0.15) is 5.69 Å². The van der Waals surface area contributed by atoms with Crippen LogP contribution in [0.25, 0.3) is 0 Å². The van der Waals surface area contributed by atoms with Crippen molar-refractivity contribution >= 4 is 51.8 Å². The second-order valence-electron chi connectivity index (χ2n) is 7.18. The average Bonchev–Trinajstić information content (AvgIpc) is 3.34. The van der Waals surface area contributed by atoms with Crippen molar-refractivity contribution < 1.29 is 14.5 Å². The van der Waals surface area contributed by atoms with Gasteiger partial charge in [-0.1, -0.05) is 23.7 Å². The first-order valence-electron chi connectivity index (χ1n) is 9.85. The molecule has 1 aromatic heterocycles. The number of nitrogens with one attached hydrogen (secondary N) is 1. The van der Waals surface area contributed by atoms with E-state index in [0.717, 1.165) is 0 Å². The van der Waals surface area contributed by atoms with Crippen LogP contribution in [-0.4, -0.2) is 47.8 Å². The molecule has 1 aliphatic rings. The Balaban J connectivity index is 1.47. The van der Waals surface area contributed by atoms with Crippen molar-refractivity contribution in [3.63, 3.8) is 0 Å². The number of piperazine rings is 1. The van der Waals surface area contributed by atoms with Gasteiger partial charge in [-0.05, 0) is 35.7 Å². The number of para-hydroxylation sites is 1. The quantitative estimate of drug-likeness (QED) is 0.436. The predicted octanol–water partition coefficient (Wildman–Crippen LogP) is 4.52. The molecule has 0 bridgehead atoms. The Morgan fingerprint density at radius 3 is 2.50 bits per heavy atom. The minimum Gasteiger partial charge on any atom is -0.362 e. The van der Waals surface area contributed by atoms with E-state index < -0.39 is 4.92 Å². The zero-order valence-electron chi connectivity index (χ0n) is 16.9. The maximum Gasteiger partial charge on any atom is 0.294 e. The summed E-state index contributed by atoms with van der Waals surface area (Å²) in [5, 5.41) is 18.1. The van der Waals surface area contributed by atoms with E-state index in [0.29, 0.717) is 53.7 Å². The Bertz CT molecular complexity index is 1160. The summed E-state index contributed by atoms with van der Waals surface area (Å²) in [6.45, 7) is 1.67. The van der Waals surface area contributed by atoms with Crippen LogP contribution in [0.3, 0.4) is 0 Å². The smallest absolute Gasteiger partial charge is 0.294 e. The van der Waals surface area contributed by atoms with Crippen LogP contribution in [0.1, 0.15) is 20.7 Å². The molecule has 3 aromatic rings. The van der Waals surface area contributed by atoms with E-state index in [2.05, 4.69) is 5.32 Å². The molecule has 8 nitrogen and oxygen atoms in total. The summed E-state index contributed by atoms with van der Waals surface area (Å²) >= 11 is 7.33. The molecule has 2 heterocycles. The SMILES string of the molecule is O=C(Nc1ccccc1C(=O)N1CCN(c2ccc(Cl)cc2[N+](=O)[O-])CC1)c1ccsc1. The molecule has 10 heteroatoms. The van der Waals surface area contributed by atoms with Crippen molar-refractivity contribution in [2.45, 2.75) is 0 Å². The average molecular weight is 471 g/mol. The molecule has 0 aliphatic carbocycles. The lowest BCUT2D eigenvalue weighted by Gasteiger charge is -2.36. The van der Waals surface area contributed by atoms with Crippen LogP contribution in [0, 0.1) is 10.1 Å². The first kappa shape index (κ1) is 21.8. The molecule has 1 aliphatic heterocycles. The maximum atomic E-state index is 13.2. The number of anilines is 2. The van der Waals surface area contributed by atoms with Gasteiger partial charge in [-0.3, -0.25) is 19.7 Å². The van der Waals surface area contributed by atoms with Crippen molar-refractivity contribution in [1.29, 1.82) is 0 Å². The number of nitro benzene ring substituents is 1. The topological polar surface area (TPSA) is 95.8 Å². The normalized spacial score (nSPS) is 13.7. The Kier molecular flexibility index (Phi) is 6.38. The molecule has 0 unspecified atom stereocenters. The number of amides is 2. The van der Waals surface area contributed by atoms with Crippen molar-refractivity contribution in [2.24, 2.45) is 0 Å². The number of hydrogen-bond donors (Lipinski definition) is 1. The fourth-order valence-corrected chi connectivity index (χ4v) is 4.40. The number of rotatable bonds is 5. The summed E-state index contributed by atoms with van der Waals surface area (Å²) in [6, 6.07) is 13.2. The van der Waals surface area contributed by atoms with E-state index >= 15 is 0 Å². The molecule has 0 spiro atoms. The first-order valence-corrected chi connectivity index (χ1v) is 11.2. The molecule has 164 valence electrons. The zero-order valence-corrected chi connectivity index (χ0v) is 18.4. The lowest BCUT2D eigenvalue weighted by atomic mass is 10.1. The highest BCUT2D eigenvalue weighted by atomic mass is 35.5. The summed E-state index contributed by atoms with van der Waals surface area (Å²) < 4.78 is 0. The molecular weight excluding hydrogens is 452 g/mol. The number of halogens is 1. The predicted molar refractivity (Wildman–Crippen MR) is 125 cm³/mol. The van der Waals surface area contributed by atoms with E-state index in [1.807, 2.05) is 10.3 Å². The summed E-state index contributed by atoms with van der Waals surface area (Å²) in [6.07, 6.45) is 0. The standard InChI is InChI=1S/C22H19ClN4O4S/c23-16-5-6-19(20(13-16)27(30)31)25-8-10-26(11-9-25)22(29)17-3-1-2-4-18(17)24-21(28)15-7-12-32-14-15/h1-7,12-14H,8-11H2,(H,24,28). The molecule has 2 amide bonds. The third kappa shape index (κ3) is 4.58. The fraction of sp³-hybridized carbons (Fsp3) is 0.182. The number of nitrogens with zero attached hydrogens (tertiary/aromatic N) is 3. The van der Waals surface area contributed by atoms with Gasteiger partial charge >= 0.3 is 0 Å². The Morgan fingerprint density at radius 1 is 1.06 bits per heavy atom. The monoisotopic (exact) mass is 470 g/mol. The van der Waals surface area contributed by atoms with Crippen LogP contribution in [-0.2, 0) is 0 Å². The third-order valence-corrected chi connectivity index (χ3v) is 6.15. The van der Waals surface area contributed by atoms with Crippen LogP contribution in [0.4, 0.5) is 17.1 Å². The summed E-state index contributed by atoms with van der Waals surface area (Å²) in [7, 11) is 0. The highest BCUT2D eigenvalue weighted by Gasteiger charge is 2.27. The van der Waals surface area contributed by atoms with Gasteiger partial charge in [0.25, 0.3) is 17.5 Å². The van der Waals surface area contributed by atoms with E-state index in [1.165, 1.54) is 17.4 Å². The van der Waals surface area contributed by atoms with Gasteiger partial charge in [0.05, 0.1) is 21.7 Å². The second-order valence-corrected chi connectivity index (χ2v) is 8.40. The largest absolute Gasteiger partial charge is 0.362 e. The first-order chi connectivity index (χ1) is 15.4. The zero-order chi connectivity index (χ0) is 22.7. The molecule has 0 radical (unpaired) electrons. The van der Waals surface area contributed by atoms with Crippen molar-refractivity contribution in [3.05, 3.63) is 85.6 Å². The van der Waals surface area contributed by atoms with Gasteiger partial charge < -0.3 is 15.1 Å². The molecule has 0 atom stereocenters. The van der Waals surface area contributed by atoms with Crippen LogP contribution >= 0.6 is 22.9 Å². The summed E-state index contributed by atoms with van der Waals surface area (Å²) in [4.78, 5) is 40.1. The van der Waals surface area contributed by atoms with Crippen LogP contribution < -0.4 is 10.2 Å². The molecule has 0 saturated carbocycles. The third-order valence-electron chi connectivity index (χ3n) is 5.23. The number of nitro groups is 1. The molecular formula is C22H19ClN4O4S. The number of thiophene rings is 1. The van der Waals surface area contributed by atoms with Crippen molar-refractivity contribution in [1.82, 2.24) is 4.90 Å². The van der Waals surface area contributed by atoms with Gasteiger partial charge in [-0.15, -0.1) is 0 Å². The van der Waals surface area contributed by atoms with Crippen LogP contribution in [0.2, 0.25) is 5.02 Å². The van der Waals surface area contributed by atoms with E-state index in [9.17, 15) is 19.7 Å². The van der Waals surface area contributed by atoms with Gasteiger partial charge in [-0.25, -0.2) is 0 Å². The van der Waals surface area contributed by atoms with Gasteiger partial charge in [0.2, 0.25) is 0 Å². The Hall–Kier alpha value is -3.43. The summed E-state index contributed by atoms with van der Waals surface area (Å²) in [5.41, 5.74) is 1.82. The Morgan fingerprint density at radius 2 is 1.81 bits per heavy atom. The van der Waals surface area contributed by atoms with Crippen LogP contribution in [0.15, 0.2) is 59.3 Å². The summed E-state index contributed by atoms with van der Waals surface area (Å²) in [5.74, 6) is -0.470. The van der Waals surface area contributed by atoms with Crippen LogP contribution in [0.5, 0.6) is 0 Å². The molecule has 32 heavy (non-hydrogen) atoms. The highest BCUT2D eigenvalue weighted by molar-refractivity contribution is 7.08. The number of carbonyl (C=O) groups is 2. The number of carbonyl (C=O) groups excluding carboxylic acids is 2. The molecule has 1 saturated heterocycles. The van der Waals surface area contributed by atoms with E-state index in [-0.39, 0.29) is 17.5 Å². The number of benzene rings is 2. The lowest BCUT2D eigenvalue weighted by molar-refractivity contribution is -0.384. The highest BCUT2D eigenvalue weighted by Crippen LogP contribution is 2.32. The fourth-order valence-electron chi connectivity index (χ4n) is 3.60. The van der Waals surface area contributed by atoms with Gasteiger partial charge in [-0.2, -0.15) is 11.3 Å². The Labute approximate surface area is 193 Å². The lowest BCUT2D eigenvalue weighted by Crippen LogP contribution is -2.49. The second kappa shape index (κ2) is 9.37. The van der Waals surface area contributed by atoms with Gasteiger partial charge in [0, 0.05) is 42.6 Å². The van der Waals surface area contributed by atoms with Crippen molar-refractivity contribution in [2.75, 3.05) is 36.4 Å².